The van der Waals surface area contributed by atoms with E-state index in [1.165, 1.54) is 0 Å². The average molecular weight is 300 g/mol. The summed E-state index contributed by atoms with van der Waals surface area (Å²) in [7, 11) is 0. The van der Waals surface area contributed by atoms with Crippen molar-refractivity contribution >= 4 is 28.5 Å². The van der Waals surface area contributed by atoms with Gasteiger partial charge >= 0.3 is 5.97 Å². The van der Waals surface area contributed by atoms with Crippen LogP contribution in [0.2, 0.25) is 5.02 Å². The van der Waals surface area contributed by atoms with Crippen molar-refractivity contribution in [3.05, 3.63) is 58.7 Å². The summed E-state index contributed by atoms with van der Waals surface area (Å²) in [5, 5.41) is 10.6. The maximum atomic E-state index is 10.9. The van der Waals surface area contributed by atoms with Gasteiger partial charge in [-0.3, -0.25) is 4.79 Å². The fourth-order valence-corrected chi connectivity index (χ4v) is 2.74. The minimum absolute atomic E-state index is 0.00496. The Morgan fingerprint density at radius 1 is 1.24 bits per heavy atom. The Morgan fingerprint density at radius 2 is 2.05 bits per heavy atom. The number of fused-ring (bicyclic) bond motifs is 1. The number of nitrogens with one attached hydrogen (secondary N) is 1. The highest BCUT2D eigenvalue weighted by atomic mass is 35.5. The largest absolute Gasteiger partial charge is 0.481 e. The molecule has 3 aromatic rings. The van der Waals surface area contributed by atoms with Crippen LogP contribution in [-0.2, 0) is 11.2 Å². The number of aliphatic carboxylic acids is 1. The molecule has 3 rings (SSSR count). The third-order valence-corrected chi connectivity index (χ3v) is 3.87. The van der Waals surface area contributed by atoms with Gasteiger partial charge in [0.2, 0.25) is 0 Å². The SMILES string of the molecule is Cc1ccc(Cl)c(-c2ccc3[nH]cc(CC(=O)O)c3c2)c1. The molecule has 0 unspecified atom stereocenters. The summed E-state index contributed by atoms with van der Waals surface area (Å²) < 4.78 is 0. The van der Waals surface area contributed by atoms with Crippen LogP contribution >= 0.6 is 11.6 Å². The number of carboxylic acid groups (broad SMARTS) is 1. The van der Waals surface area contributed by atoms with Gasteiger partial charge in [-0.25, -0.2) is 0 Å². The van der Waals surface area contributed by atoms with E-state index < -0.39 is 5.97 Å². The molecule has 0 saturated heterocycles. The fraction of sp³-hybridized carbons (Fsp3) is 0.118. The topological polar surface area (TPSA) is 53.1 Å². The lowest BCUT2D eigenvalue weighted by Gasteiger charge is -2.07. The third kappa shape index (κ3) is 2.65. The molecule has 0 atom stereocenters. The predicted molar refractivity (Wildman–Crippen MR) is 84.8 cm³/mol. The smallest absolute Gasteiger partial charge is 0.307 e. The Labute approximate surface area is 127 Å². The van der Waals surface area contributed by atoms with E-state index in [-0.39, 0.29) is 6.42 Å². The van der Waals surface area contributed by atoms with E-state index in [4.69, 9.17) is 16.7 Å². The quantitative estimate of drug-likeness (QED) is 0.752. The lowest BCUT2D eigenvalue weighted by Crippen LogP contribution is -1.98. The molecule has 0 spiro atoms. The first-order valence-electron chi connectivity index (χ1n) is 6.63. The summed E-state index contributed by atoms with van der Waals surface area (Å²) in [4.78, 5) is 14.0. The fourth-order valence-electron chi connectivity index (χ4n) is 2.52. The molecule has 0 aliphatic rings. The number of aromatic nitrogens is 1. The molecule has 0 fully saturated rings. The molecule has 2 N–H and O–H groups in total. The Kier molecular flexibility index (Phi) is 3.43. The molecule has 4 heteroatoms. The highest BCUT2D eigenvalue weighted by molar-refractivity contribution is 6.33. The number of carbonyl (C=O) groups is 1. The highest BCUT2D eigenvalue weighted by Gasteiger charge is 2.10. The predicted octanol–water partition coefficient (Wildman–Crippen LogP) is 4.42. The molecule has 0 aliphatic heterocycles. The van der Waals surface area contributed by atoms with E-state index >= 15 is 0 Å². The molecular formula is C17H14ClNO2. The first kappa shape index (κ1) is 13.7. The van der Waals surface area contributed by atoms with Crippen molar-refractivity contribution in [2.45, 2.75) is 13.3 Å². The first-order chi connectivity index (χ1) is 10.0. The van der Waals surface area contributed by atoms with Crippen LogP contribution in [0.3, 0.4) is 0 Å². The Balaban J connectivity index is 2.15. The molecule has 21 heavy (non-hydrogen) atoms. The van der Waals surface area contributed by atoms with E-state index in [9.17, 15) is 4.79 Å². The molecule has 0 aliphatic carbocycles. The van der Waals surface area contributed by atoms with Crippen LogP contribution < -0.4 is 0 Å². The number of carboxylic acids is 1. The molecule has 0 radical (unpaired) electrons. The molecule has 0 bridgehead atoms. The second kappa shape index (κ2) is 5.26. The van der Waals surface area contributed by atoms with Crippen LogP contribution in [0, 0.1) is 6.92 Å². The zero-order valence-corrected chi connectivity index (χ0v) is 12.2. The molecule has 1 aromatic heterocycles. The second-order valence-corrected chi connectivity index (χ2v) is 5.54. The summed E-state index contributed by atoms with van der Waals surface area (Å²) in [6.07, 6.45) is 1.76. The maximum absolute atomic E-state index is 10.9. The van der Waals surface area contributed by atoms with Crippen molar-refractivity contribution in [3.8, 4) is 11.1 Å². The van der Waals surface area contributed by atoms with Crippen LogP contribution in [0.4, 0.5) is 0 Å². The van der Waals surface area contributed by atoms with Crippen LogP contribution in [0.5, 0.6) is 0 Å². The van der Waals surface area contributed by atoms with Gasteiger partial charge in [0.15, 0.2) is 0 Å². The van der Waals surface area contributed by atoms with Crippen molar-refractivity contribution < 1.29 is 9.90 Å². The Hall–Kier alpha value is -2.26. The second-order valence-electron chi connectivity index (χ2n) is 5.13. The van der Waals surface area contributed by atoms with Gasteiger partial charge in [0.05, 0.1) is 6.42 Å². The number of hydrogen-bond donors (Lipinski definition) is 2. The number of hydrogen-bond acceptors (Lipinski definition) is 1. The number of rotatable bonds is 3. The molecule has 3 nitrogen and oxygen atoms in total. The van der Waals surface area contributed by atoms with E-state index in [0.717, 1.165) is 33.2 Å². The van der Waals surface area contributed by atoms with Crippen molar-refractivity contribution in [1.82, 2.24) is 4.98 Å². The van der Waals surface area contributed by atoms with Crippen LogP contribution in [0.1, 0.15) is 11.1 Å². The van der Waals surface area contributed by atoms with Gasteiger partial charge in [-0.15, -0.1) is 0 Å². The van der Waals surface area contributed by atoms with E-state index in [1.807, 2.05) is 43.3 Å². The monoisotopic (exact) mass is 299 g/mol. The minimum atomic E-state index is -0.838. The number of aromatic amines is 1. The molecule has 2 aromatic carbocycles. The Morgan fingerprint density at radius 3 is 2.81 bits per heavy atom. The van der Waals surface area contributed by atoms with Crippen molar-refractivity contribution in [2.24, 2.45) is 0 Å². The number of aryl methyl sites for hydroxylation is 1. The van der Waals surface area contributed by atoms with E-state index in [1.54, 1.807) is 6.20 Å². The normalized spacial score (nSPS) is 11.0. The molecule has 106 valence electrons. The molecular weight excluding hydrogens is 286 g/mol. The average Bonchev–Trinajstić information content (AvgIpc) is 2.83. The number of benzene rings is 2. The highest BCUT2D eigenvalue weighted by Crippen LogP contribution is 2.32. The lowest BCUT2D eigenvalue weighted by molar-refractivity contribution is -0.136. The lowest BCUT2D eigenvalue weighted by atomic mass is 10.0. The molecule has 0 amide bonds. The Bertz CT molecular complexity index is 836. The van der Waals surface area contributed by atoms with Gasteiger partial charge in [-0.2, -0.15) is 0 Å². The van der Waals surface area contributed by atoms with Gasteiger partial charge in [0.1, 0.15) is 0 Å². The maximum Gasteiger partial charge on any atom is 0.307 e. The van der Waals surface area contributed by atoms with E-state index in [0.29, 0.717) is 5.02 Å². The zero-order chi connectivity index (χ0) is 15.0. The van der Waals surface area contributed by atoms with Gasteiger partial charge in [-0.1, -0.05) is 29.3 Å². The summed E-state index contributed by atoms with van der Waals surface area (Å²) in [6.45, 7) is 2.02. The summed E-state index contributed by atoms with van der Waals surface area (Å²) in [5.41, 5.74) is 4.79. The van der Waals surface area contributed by atoms with Gasteiger partial charge < -0.3 is 10.1 Å². The summed E-state index contributed by atoms with van der Waals surface area (Å²) in [6, 6.07) is 11.8. The number of H-pyrrole nitrogens is 1. The molecule has 0 saturated carbocycles. The number of halogens is 1. The van der Waals surface area contributed by atoms with Crippen molar-refractivity contribution in [1.29, 1.82) is 0 Å². The summed E-state index contributed by atoms with van der Waals surface area (Å²) in [5.74, 6) is -0.838. The molecule has 1 heterocycles. The third-order valence-electron chi connectivity index (χ3n) is 3.54. The van der Waals surface area contributed by atoms with Gasteiger partial charge in [-0.05, 0) is 42.3 Å². The van der Waals surface area contributed by atoms with Crippen molar-refractivity contribution in [2.75, 3.05) is 0 Å². The van der Waals surface area contributed by atoms with Crippen molar-refractivity contribution in [3.63, 3.8) is 0 Å². The van der Waals surface area contributed by atoms with Crippen LogP contribution in [0.25, 0.3) is 22.0 Å². The minimum Gasteiger partial charge on any atom is -0.481 e. The van der Waals surface area contributed by atoms with Crippen LogP contribution in [0.15, 0.2) is 42.6 Å². The summed E-state index contributed by atoms with van der Waals surface area (Å²) >= 11 is 6.28. The van der Waals surface area contributed by atoms with Gasteiger partial charge in [0, 0.05) is 27.7 Å². The zero-order valence-electron chi connectivity index (χ0n) is 11.5. The standard InChI is InChI=1S/C17H14ClNO2/c1-10-2-4-15(18)13(6-10)11-3-5-16-14(7-11)12(9-19-16)8-17(20)21/h2-7,9,19H,8H2,1H3,(H,20,21). The van der Waals surface area contributed by atoms with Crippen LogP contribution in [-0.4, -0.2) is 16.1 Å². The first-order valence-corrected chi connectivity index (χ1v) is 7.01. The van der Waals surface area contributed by atoms with E-state index in [2.05, 4.69) is 4.98 Å². The van der Waals surface area contributed by atoms with Gasteiger partial charge in [0.25, 0.3) is 0 Å².